The van der Waals surface area contributed by atoms with Crippen molar-refractivity contribution in [3.63, 3.8) is 0 Å². The van der Waals surface area contributed by atoms with Crippen molar-refractivity contribution < 1.29 is 50.8 Å². The molecule has 2 aliphatic rings. The maximum Gasteiger partial charge on any atom is 0.586 e. The van der Waals surface area contributed by atoms with Gasteiger partial charge < -0.3 is 24.1 Å². The number of halogens is 5. The molecule has 4 aromatic rings. The molecule has 224 valence electrons. The highest BCUT2D eigenvalue weighted by Gasteiger charge is 2.44. The van der Waals surface area contributed by atoms with Crippen molar-refractivity contribution in [1.29, 1.82) is 0 Å². The molecule has 2 aromatic carbocycles. The van der Waals surface area contributed by atoms with E-state index in [-0.39, 0.29) is 52.2 Å². The molecule has 0 amide bonds. The summed E-state index contributed by atoms with van der Waals surface area (Å²) in [6, 6.07) is 14.3. The molecule has 1 N–H and O–H groups in total. The molecule has 3 heterocycles. The van der Waals surface area contributed by atoms with Crippen LogP contribution in [0.2, 0.25) is 0 Å². The summed E-state index contributed by atoms with van der Waals surface area (Å²) in [7, 11) is 0. The van der Waals surface area contributed by atoms with Crippen LogP contribution in [0.4, 0.5) is 22.0 Å². The summed E-state index contributed by atoms with van der Waals surface area (Å²) in [5, 5.41) is 13.1. The summed E-state index contributed by atoms with van der Waals surface area (Å²) < 4.78 is 91.0. The van der Waals surface area contributed by atoms with Crippen LogP contribution in [0.15, 0.2) is 60.7 Å². The molecule has 0 fully saturated rings. The summed E-state index contributed by atoms with van der Waals surface area (Å²) in [5.74, 6) is -1.04. The monoisotopic (exact) mass is 603 g/mol. The van der Waals surface area contributed by atoms with Gasteiger partial charge in [0.15, 0.2) is 23.0 Å². The van der Waals surface area contributed by atoms with Crippen LogP contribution < -0.4 is 18.9 Å². The molecule has 1 aliphatic carbocycles. The van der Waals surface area contributed by atoms with Gasteiger partial charge in [-0.05, 0) is 74.2 Å². The molecular formula is C29H22F5N3O6. The average molecular weight is 604 g/mol. The number of rotatable bonds is 7. The minimum atomic E-state index is -4.74. The van der Waals surface area contributed by atoms with Gasteiger partial charge in [-0.15, -0.1) is 8.78 Å². The molecule has 1 aliphatic heterocycles. The molecule has 43 heavy (non-hydrogen) atoms. The molecule has 2 aromatic heterocycles. The minimum Gasteiger partial charge on any atom is -0.484 e. The zero-order valence-electron chi connectivity index (χ0n) is 22.3. The Kier molecular flexibility index (Phi) is 6.86. The summed E-state index contributed by atoms with van der Waals surface area (Å²) in [6.07, 6.45) is -9.14. The fraction of sp³-hybridized carbons (Fsp3) is 0.276. The first kappa shape index (κ1) is 28.2. The first-order valence-corrected chi connectivity index (χ1v) is 13.1. The van der Waals surface area contributed by atoms with E-state index >= 15 is 0 Å². The van der Waals surface area contributed by atoms with Crippen LogP contribution in [0.25, 0.3) is 5.82 Å². The normalized spacial score (nSPS) is 17.7. The van der Waals surface area contributed by atoms with E-state index in [0.29, 0.717) is 18.4 Å². The van der Waals surface area contributed by atoms with Gasteiger partial charge in [0.1, 0.15) is 18.0 Å². The van der Waals surface area contributed by atoms with Gasteiger partial charge in [0, 0.05) is 11.6 Å². The standard InChI is InChI=1S/C29H22F5N3O6/c1-15(17-10-13-20-22(14-17)43-29(33,34)42-20)40-24-7-3-6-23(35-24)37-25-19(26(36-37)28(30,31)32)4-2-5-21(25)41-18-11-8-16(9-12-18)27(38)39/h3,6-15,21H,2,4-5H2,1H3,(H,38,39)/t15-,21-/m0/s1. The average Bonchev–Trinajstić information content (AvgIpc) is 3.50. The predicted molar refractivity (Wildman–Crippen MR) is 138 cm³/mol. The van der Waals surface area contributed by atoms with E-state index in [1.54, 1.807) is 6.92 Å². The van der Waals surface area contributed by atoms with Gasteiger partial charge in [0.05, 0.1) is 11.3 Å². The number of benzene rings is 2. The predicted octanol–water partition coefficient (Wildman–Crippen LogP) is 6.90. The number of carbonyl (C=O) groups is 1. The second-order valence-electron chi connectivity index (χ2n) is 9.92. The molecule has 9 nitrogen and oxygen atoms in total. The minimum absolute atomic E-state index is 0.00967. The number of fused-ring (bicyclic) bond motifs is 2. The Morgan fingerprint density at radius 3 is 2.56 bits per heavy atom. The van der Waals surface area contributed by atoms with Crippen LogP contribution in [0, 0.1) is 0 Å². The van der Waals surface area contributed by atoms with E-state index in [1.807, 2.05) is 0 Å². The maximum atomic E-state index is 14.1. The van der Waals surface area contributed by atoms with Crippen LogP contribution >= 0.6 is 0 Å². The van der Waals surface area contributed by atoms with Crippen molar-refractivity contribution in [2.75, 3.05) is 0 Å². The van der Waals surface area contributed by atoms with E-state index in [0.717, 1.165) is 4.68 Å². The zero-order valence-corrected chi connectivity index (χ0v) is 22.3. The Bertz CT molecular complexity index is 1690. The molecule has 14 heteroatoms. The SMILES string of the molecule is C[C@H](Oc1cccc(-n2nc(C(F)(F)F)c3c2[C@@H](Oc2ccc(C(=O)O)cc2)CCC3)n1)c1ccc2c(c1)OC(F)(F)O2. The Hall–Kier alpha value is -4.88. The fourth-order valence-corrected chi connectivity index (χ4v) is 5.05. The zero-order chi connectivity index (χ0) is 30.5. The number of aromatic nitrogens is 3. The van der Waals surface area contributed by atoms with Crippen molar-refractivity contribution >= 4 is 5.97 Å². The van der Waals surface area contributed by atoms with Crippen LogP contribution in [-0.2, 0) is 12.6 Å². The van der Waals surface area contributed by atoms with Crippen LogP contribution in [-0.4, -0.2) is 32.1 Å². The van der Waals surface area contributed by atoms with Crippen LogP contribution in [0.3, 0.4) is 0 Å². The van der Waals surface area contributed by atoms with E-state index in [1.165, 1.54) is 60.7 Å². The van der Waals surface area contributed by atoms with Crippen LogP contribution in [0.1, 0.15) is 64.8 Å². The van der Waals surface area contributed by atoms with E-state index in [9.17, 15) is 26.7 Å². The van der Waals surface area contributed by atoms with E-state index in [2.05, 4.69) is 19.6 Å². The third-order valence-electron chi connectivity index (χ3n) is 6.99. The number of nitrogens with zero attached hydrogens (tertiary/aromatic N) is 3. The van der Waals surface area contributed by atoms with Gasteiger partial charge in [-0.2, -0.15) is 23.3 Å². The molecule has 0 radical (unpaired) electrons. The molecule has 0 saturated carbocycles. The number of carboxylic acid groups (broad SMARTS) is 1. The van der Waals surface area contributed by atoms with Gasteiger partial charge in [0.2, 0.25) is 5.88 Å². The van der Waals surface area contributed by atoms with Gasteiger partial charge in [-0.3, -0.25) is 0 Å². The lowest BCUT2D eigenvalue weighted by Gasteiger charge is -2.25. The third-order valence-corrected chi connectivity index (χ3v) is 6.99. The van der Waals surface area contributed by atoms with Gasteiger partial charge in [0.25, 0.3) is 0 Å². The molecule has 0 spiro atoms. The van der Waals surface area contributed by atoms with Gasteiger partial charge >= 0.3 is 18.4 Å². The number of carboxylic acids is 1. The quantitative estimate of drug-likeness (QED) is 0.228. The number of hydrogen-bond acceptors (Lipinski definition) is 7. The summed E-state index contributed by atoms with van der Waals surface area (Å²) in [5.41, 5.74) is -0.379. The lowest BCUT2D eigenvalue weighted by atomic mass is 9.93. The Balaban J connectivity index is 1.31. The second kappa shape index (κ2) is 10.4. The lowest BCUT2D eigenvalue weighted by molar-refractivity contribution is -0.286. The van der Waals surface area contributed by atoms with Crippen molar-refractivity contribution in [1.82, 2.24) is 14.8 Å². The van der Waals surface area contributed by atoms with Gasteiger partial charge in [-0.25, -0.2) is 9.48 Å². The summed E-state index contributed by atoms with van der Waals surface area (Å²) in [4.78, 5) is 15.6. The first-order valence-electron chi connectivity index (χ1n) is 13.1. The Morgan fingerprint density at radius 2 is 1.84 bits per heavy atom. The smallest absolute Gasteiger partial charge is 0.484 e. The topological polar surface area (TPSA) is 105 Å². The number of alkyl halides is 5. The third kappa shape index (κ3) is 5.64. The first-order chi connectivity index (χ1) is 20.4. The summed E-state index contributed by atoms with van der Waals surface area (Å²) >= 11 is 0. The van der Waals surface area contributed by atoms with Crippen LogP contribution in [0.5, 0.6) is 23.1 Å². The van der Waals surface area contributed by atoms with Crippen molar-refractivity contribution in [2.24, 2.45) is 0 Å². The van der Waals surface area contributed by atoms with Crippen molar-refractivity contribution in [2.45, 2.75) is 50.9 Å². The molecule has 0 unspecified atom stereocenters. The fourth-order valence-electron chi connectivity index (χ4n) is 5.05. The number of pyridine rings is 1. The highest BCUT2D eigenvalue weighted by Crippen LogP contribution is 2.43. The van der Waals surface area contributed by atoms with E-state index in [4.69, 9.17) is 14.6 Å². The molecular weight excluding hydrogens is 581 g/mol. The Morgan fingerprint density at radius 1 is 1.09 bits per heavy atom. The lowest BCUT2D eigenvalue weighted by Crippen LogP contribution is -2.25. The Labute approximate surface area is 240 Å². The van der Waals surface area contributed by atoms with Gasteiger partial charge in [-0.1, -0.05) is 12.1 Å². The van der Waals surface area contributed by atoms with E-state index < -0.39 is 36.3 Å². The number of hydrogen-bond donors (Lipinski definition) is 1. The van der Waals surface area contributed by atoms with Crippen molar-refractivity contribution in [3.05, 3.63) is 88.7 Å². The van der Waals surface area contributed by atoms with Crippen molar-refractivity contribution in [3.8, 4) is 28.9 Å². The largest absolute Gasteiger partial charge is 0.586 e. The molecule has 0 bridgehead atoms. The number of aromatic carboxylic acids is 1. The summed E-state index contributed by atoms with van der Waals surface area (Å²) in [6.45, 7) is 1.64. The molecule has 2 atom stereocenters. The molecule has 0 saturated heterocycles. The number of ether oxygens (including phenoxy) is 4. The maximum absolute atomic E-state index is 14.1. The molecule has 6 rings (SSSR count). The highest BCUT2D eigenvalue weighted by atomic mass is 19.4. The second-order valence-corrected chi connectivity index (χ2v) is 9.92. The highest BCUT2D eigenvalue weighted by molar-refractivity contribution is 5.87.